The molecular weight excluding hydrogens is 409 g/mol. The third-order valence-electron chi connectivity index (χ3n) is 4.30. The van der Waals surface area contributed by atoms with E-state index in [4.69, 9.17) is 16.3 Å². The molecule has 22 heavy (non-hydrogen) atoms. The second kappa shape index (κ2) is 6.77. The Kier molecular flexibility index (Phi) is 4.95. The van der Waals surface area contributed by atoms with E-state index in [0.29, 0.717) is 10.9 Å². The highest BCUT2D eigenvalue weighted by molar-refractivity contribution is 14.1. The first kappa shape index (κ1) is 16.1. The molecule has 1 atom stereocenters. The van der Waals surface area contributed by atoms with Gasteiger partial charge in [-0.05, 0) is 77.0 Å². The molecular formula is C18H19ClINO. The molecule has 4 heteroatoms. The molecule has 2 aromatic carbocycles. The van der Waals surface area contributed by atoms with E-state index >= 15 is 0 Å². The highest BCUT2D eigenvalue weighted by Crippen LogP contribution is 2.37. The minimum Gasteiger partial charge on any atom is -0.495 e. The number of hydrogen-bond acceptors (Lipinski definition) is 2. The van der Waals surface area contributed by atoms with E-state index in [2.05, 4.69) is 70.9 Å². The van der Waals surface area contributed by atoms with Crippen molar-refractivity contribution in [2.45, 2.75) is 12.3 Å². The van der Waals surface area contributed by atoms with Gasteiger partial charge in [0, 0.05) is 22.6 Å². The first-order valence-corrected chi connectivity index (χ1v) is 8.84. The van der Waals surface area contributed by atoms with Crippen LogP contribution < -0.4 is 4.74 Å². The van der Waals surface area contributed by atoms with Crippen LogP contribution in [0.5, 0.6) is 5.75 Å². The lowest BCUT2D eigenvalue weighted by Crippen LogP contribution is -2.24. The molecule has 0 radical (unpaired) electrons. The van der Waals surface area contributed by atoms with Gasteiger partial charge in [0.05, 0.1) is 12.1 Å². The number of nitrogens with zero attached hydrogens (tertiary/aromatic N) is 1. The third kappa shape index (κ3) is 3.26. The Morgan fingerprint density at radius 1 is 1.27 bits per heavy atom. The van der Waals surface area contributed by atoms with Crippen molar-refractivity contribution in [2.75, 3.05) is 27.2 Å². The first-order valence-electron chi connectivity index (χ1n) is 7.39. The van der Waals surface area contributed by atoms with Crippen LogP contribution in [0.25, 0.3) is 0 Å². The van der Waals surface area contributed by atoms with Gasteiger partial charge in [-0.1, -0.05) is 23.7 Å². The molecule has 0 aliphatic carbocycles. The topological polar surface area (TPSA) is 12.5 Å². The summed E-state index contributed by atoms with van der Waals surface area (Å²) in [6.45, 7) is 2.06. The summed E-state index contributed by atoms with van der Waals surface area (Å²) in [5.74, 6) is 1.11. The molecule has 0 amide bonds. The lowest BCUT2D eigenvalue weighted by Gasteiger charge is -2.23. The third-order valence-corrected chi connectivity index (χ3v) is 5.26. The normalized spacial score (nSPS) is 18.6. The van der Waals surface area contributed by atoms with Crippen molar-refractivity contribution in [3.8, 4) is 5.75 Å². The minimum atomic E-state index is 0.350. The summed E-state index contributed by atoms with van der Waals surface area (Å²) in [5, 5.41) is 0.701. The van der Waals surface area contributed by atoms with Crippen molar-refractivity contribution >= 4 is 34.2 Å². The number of benzene rings is 2. The Hall–Kier alpha value is -0.780. The maximum absolute atomic E-state index is 6.33. The lowest BCUT2D eigenvalue weighted by molar-refractivity contribution is 0.338. The second-order valence-corrected chi connectivity index (χ2v) is 7.46. The van der Waals surface area contributed by atoms with Crippen LogP contribution in [0.2, 0.25) is 5.02 Å². The summed E-state index contributed by atoms with van der Waals surface area (Å²) in [6, 6.07) is 13.0. The molecule has 0 spiro atoms. The molecule has 1 unspecified atom stereocenters. The van der Waals surface area contributed by atoms with Gasteiger partial charge < -0.3 is 9.64 Å². The minimum absolute atomic E-state index is 0.350. The van der Waals surface area contributed by atoms with Crippen molar-refractivity contribution in [3.05, 3.63) is 61.7 Å². The van der Waals surface area contributed by atoms with Gasteiger partial charge >= 0.3 is 0 Å². The van der Waals surface area contributed by atoms with E-state index < -0.39 is 0 Å². The number of hydrogen-bond donors (Lipinski definition) is 0. The number of fused-ring (bicyclic) bond motifs is 1. The van der Waals surface area contributed by atoms with E-state index in [0.717, 1.165) is 25.3 Å². The lowest BCUT2D eigenvalue weighted by atomic mass is 9.88. The molecule has 0 saturated carbocycles. The molecule has 0 N–H and O–H groups in total. The number of rotatable bonds is 2. The zero-order valence-corrected chi connectivity index (χ0v) is 15.7. The number of methoxy groups -OCH3 is 1. The first-order chi connectivity index (χ1) is 10.6. The predicted octanol–water partition coefficient (Wildman–Crippen LogP) is 4.57. The van der Waals surface area contributed by atoms with Crippen LogP contribution >= 0.6 is 34.2 Å². The number of ether oxygens (including phenoxy) is 1. The fourth-order valence-corrected chi connectivity index (χ4v) is 3.96. The Morgan fingerprint density at radius 2 is 2.09 bits per heavy atom. The second-order valence-electron chi connectivity index (χ2n) is 5.81. The van der Waals surface area contributed by atoms with E-state index in [-0.39, 0.29) is 0 Å². The number of likely N-dealkylation sites (N-methyl/N-ethyl adjacent to an activating group) is 1. The molecule has 2 nitrogen and oxygen atoms in total. The Balaban J connectivity index is 2.13. The molecule has 0 aromatic heterocycles. The zero-order chi connectivity index (χ0) is 15.7. The van der Waals surface area contributed by atoms with Gasteiger partial charge in [-0.15, -0.1) is 0 Å². The monoisotopic (exact) mass is 427 g/mol. The SMILES string of the molecule is COc1cc2c(cc1Cl)CCN(C)CC2c1cccc(I)c1. The zero-order valence-electron chi connectivity index (χ0n) is 12.8. The van der Waals surface area contributed by atoms with Gasteiger partial charge in [-0.3, -0.25) is 0 Å². The van der Waals surface area contributed by atoms with E-state index in [1.807, 2.05) is 0 Å². The van der Waals surface area contributed by atoms with Crippen molar-refractivity contribution in [2.24, 2.45) is 0 Å². The standard InChI is InChI=1S/C18H19ClINO/c1-21-7-6-13-9-17(19)18(22-2)10-15(13)16(11-21)12-4-3-5-14(20)8-12/h3-5,8-10,16H,6-7,11H2,1-2H3. The summed E-state index contributed by atoms with van der Waals surface area (Å²) in [6.07, 6.45) is 1.02. The summed E-state index contributed by atoms with van der Waals surface area (Å²) in [4.78, 5) is 2.39. The smallest absolute Gasteiger partial charge is 0.137 e. The average molecular weight is 428 g/mol. The summed E-state index contributed by atoms with van der Waals surface area (Å²) >= 11 is 8.71. The molecule has 3 rings (SSSR count). The van der Waals surface area contributed by atoms with Crippen molar-refractivity contribution in [1.29, 1.82) is 0 Å². The fraction of sp³-hybridized carbons (Fsp3) is 0.333. The van der Waals surface area contributed by atoms with E-state index in [9.17, 15) is 0 Å². The fourth-order valence-electron chi connectivity index (χ4n) is 3.13. The molecule has 116 valence electrons. The average Bonchev–Trinajstić information content (AvgIpc) is 2.66. The van der Waals surface area contributed by atoms with Crippen molar-refractivity contribution < 1.29 is 4.74 Å². The maximum Gasteiger partial charge on any atom is 0.137 e. The van der Waals surface area contributed by atoms with Crippen LogP contribution in [0, 0.1) is 3.57 Å². The van der Waals surface area contributed by atoms with Crippen LogP contribution in [0.4, 0.5) is 0 Å². The van der Waals surface area contributed by atoms with Crippen molar-refractivity contribution in [3.63, 3.8) is 0 Å². The molecule has 1 aliphatic rings. The molecule has 0 fully saturated rings. The maximum atomic E-state index is 6.33. The molecule has 1 heterocycles. The van der Waals surface area contributed by atoms with Gasteiger partial charge in [0.25, 0.3) is 0 Å². The van der Waals surface area contributed by atoms with Gasteiger partial charge in [0.15, 0.2) is 0 Å². The number of halogens is 2. The summed E-state index contributed by atoms with van der Waals surface area (Å²) < 4.78 is 6.71. The Bertz CT molecular complexity index is 689. The summed E-state index contributed by atoms with van der Waals surface area (Å²) in [5.41, 5.74) is 4.03. The molecule has 0 saturated heterocycles. The van der Waals surface area contributed by atoms with E-state index in [1.54, 1.807) is 7.11 Å². The Morgan fingerprint density at radius 3 is 2.82 bits per heavy atom. The molecule has 0 bridgehead atoms. The van der Waals surface area contributed by atoms with Gasteiger partial charge in [0.1, 0.15) is 5.75 Å². The van der Waals surface area contributed by atoms with Crippen LogP contribution in [-0.4, -0.2) is 32.1 Å². The largest absolute Gasteiger partial charge is 0.495 e. The van der Waals surface area contributed by atoms with Crippen LogP contribution in [0.3, 0.4) is 0 Å². The van der Waals surface area contributed by atoms with Gasteiger partial charge in [-0.25, -0.2) is 0 Å². The molecule has 2 aromatic rings. The van der Waals surface area contributed by atoms with Crippen LogP contribution in [0.15, 0.2) is 36.4 Å². The predicted molar refractivity (Wildman–Crippen MR) is 100 cm³/mol. The Labute approximate surface area is 150 Å². The van der Waals surface area contributed by atoms with Gasteiger partial charge in [0.2, 0.25) is 0 Å². The highest BCUT2D eigenvalue weighted by Gasteiger charge is 2.24. The molecule has 1 aliphatic heterocycles. The van der Waals surface area contributed by atoms with Gasteiger partial charge in [-0.2, -0.15) is 0 Å². The highest BCUT2D eigenvalue weighted by atomic mass is 127. The van der Waals surface area contributed by atoms with Crippen LogP contribution in [0.1, 0.15) is 22.6 Å². The van der Waals surface area contributed by atoms with Crippen molar-refractivity contribution in [1.82, 2.24) is 4.90 Å². The van der Waals surface area contributed by atoms with Crippen LogP contribution in [-0.2, 0) is 6.42 Å². The quantitative estimate of drug-likeness (QED) is 0.651. The summed E-state index contributed by atoms with van der Waals surface area (Å²) in [7, 11) is 3.86. The van der Waals surface area contributed by atoms with E-state index in [1.165, 1.54) is 20.3 Å².